The number of ketones is 1. The van der Waals surface area contributed by atoms with Gasteiger partial charge in [0.05, 0.1) is 17.7 Å². The van der Waals surface area contributed by atoms with Crippen LogP contribution in [0, 0.1) is 5.92 Å². The lowest BCUT2D eigenvalue weighted by atomic mass is 9.80. The van der Waals surface area contributed by atoms with Crippen molar-refractivity contribution in [1.29, 1.82) is 0 Å². The number of carbonyl (C=O) groups is 1. The fourth-order valence-corrected chi connectivity index (χ4v) is 5.85. The van der Waals surface area contributed by atoms with Gasteiger partial charge in [-0.3, -0.25) is 9.10 Å². The van der Waals surface area contributed by atoms with Crippen LogP contribution in [0.15, 0.2) is 89.8 Å². The molecule has 3 aromatic carbocycles. The van der Waals surface area contributed by atoms with Gasteiger partial charge in [0.1, 0.15) is 11.5 Å². The molecule has 0 saturated heterocycles. The molecule has 170 valence electrons. The maximum absolute atomic E-state index is 13.7. The normalized spacial score (nSPS) is 18.5. The highest BCUT2D eigenvalue weighted by Gasteiger charge is 2.39. The Bertz CT molecular complexity index is 1290. The monoisotopic (exact) mass is 481 g/mol. The molecule has 1 heterocycles. The number of hydrogen-bond donors (Lipinski definition) is 0. The third-order valence-corrected chi connectivity index (χ3v) is 7.90. The Labute approximate surface area is 199 Å². The van der Waals surface area contributed by atoms with Crippen molar-refractivity contribution >= 4 is 33.1 Å². The van der Waals surface area contributed by atoms with Crippen molar-refractivity contribution in [3.8, 4) is 5.75 Å². The molecule has 3 aromatic rings. The van der Waals surface area contributed by atoms with Crippen molar-refractivity contribution in [2.75, 3.05) is 13.7 Å². The molecular weight excluding hydrogens is 458 g/mol. The predicted molar refractivity (Wildman–Crippen MR) is 130 cm³/mol. The van der Waals surface area contributed by atoms with Gasteiger partial charge in [-0.1, -0.05) is 60.1 Å². The highest BCUT2D eigenvalue weighted by molar-refractivity contribution is 7.89. The molecule has 0 aliphatic carbocycles. The maximum Gasteiger partial charge on any atom is 0.264 e. The lowest BCUT2D eigenvalue weighted by Gasteiger charge is -2.38. The van der Waals surface area contributed by atoms with Crippen LogP contribution in [0.4, 0.5) is 0 Å². The summed E-state index contributed by atoms with van der Waals surface area (Å²) in [6.45, 7) is 1.53. The van der Waals surface area contributed by atoms with E-state index in [4.69, 9.17) is 16.3 Å². The average molecular weight is 482 g/mol. The topological polar surface area (TPSA) is 63.7 Å². The maximum atomic E-state index is 13.7. The van der Waals surface area contributed by atoms with E-state index in [0.29, 0.717) is 16.5 Å². The second-order valence-electron chi connectivity index (χ2n) is 7.93. The highest BCUT2D eigenvalue weighted by Crippen LogP contribution is 2.41. The van der Waals surface area contributed by atoms with Crippen LogP contribution in [0.1, 0.15) is 24.0 Å². The minimum absolute atomic E-state index is 0.0294. The van der Waals surface area contributed by atoms with Crippen LogP contribution in [-0.4, -0.2) is 32.2 Å². The fraction of sp³-hybridized carbons (Fsp3) is 0.192. The fourth-order valence-electron chi connectivity index (χ4n) is 4.14. The van der Waals surface area contributed by atoms with E-state index in [1.54, 1.807) is 18.2 Å². The van der Waals surface area contributed by atoms with Gasteiger partial charge in [-0.25, -0.2) is 8.42 Å². The number of Topliss-reactive ketones (excluding diaryl/α,β-unsaturated/α-hetero) is 1. The molecule has 33 heavy (non-hydrogen) atoms. The molecule has 0 radical (unpaired) electrons. The number of rotatable bonds is 6. The van der Waals surface area contributed by atoms with Gasteiger partial charge in [-0.05, 0) is 54.4 Å². The number of methoxy groups -OCH3 is 1. The first-order valence-electron chi connectivity index (χ1n) is 10.5. The SMILES string of the molecule is COc1ccc(S(=O)(=O)N2C[C@H](C(C)=O)[C@@H](c3cccc(Cl)c3)C=C2c2ccccc2)cc1. The lowest BCUT2D eigenvalue weighted by molar-refractivity contribution is -0.121. The zero-order valence-electron chi connectivity index (χ0n) is 18.3. The average Bonchev–Trinajstić information content (AvgIpc) is 2.83. The van der Waals surface area contributed by atoms with Crippen molar-refractivity contribution in [3.05, 3.63) is 101 Å². The third-order valence-electron chi connectivity index (χ3n) is 5.87. The Morgan fingerprint density at radius 3 is 2.30 bits per heavy atom. The zero-order chi connectivity index (χ0) is 23.6. The van der Waals surface area contributed by atoms with Gasteiger partial charge in [0.25, 0.3) is 10.0 Å². The number of nitrogens with zero attached hydrogens (tertiary/aromatic N) is 1. The molecule has 0 N–H and O–H groups in total. The second-order valence-corrected chi connectivity index (χ2v) is 10.2. The van der Waals surface area contributed by atoms with E-state index >= 15 is 0 Å². The summed E-state index contributed by atoms with van der Waals surface area (Å²) >= 11 is 6.23. The van der Waals surface area contributed by atoms with Crippen molar-refractivity contribution in [3.63, 3.8) is 0 Å². The number of ether oxygens (including phenoxy) is 1. The first-order chi connectivity index (χ1) is 15.8. The van der Waals surface area contributed by atoms with Crippen molar-refractivity contribution in [2.24, 2.45) is 5.92 Å². The smallest absolute Gasteiger partial charge is 0.264 e. The molecule has 0 saturated carbocycles. The summed E-state index contributed by atoms with van der Waals surface area (Å²) in [7, 11) is -2.41. The zero-order valence-corrected chi connectivity index (χ0v) is 19.9. The molecule has 1 aliphatic rings. The van der Waals surface area contributed by atoms with E-state index in [1.807, 2.05) is 54.6 Å². The molecule has 0 amide bonds. The second kappa shape index (κ2) is 9.41. The number of hydrogen-bond acceptors (Lipinski definition) is 4. The van der Waals surface area contributed by atoms with Gasteiger partial charge in [0.2, 0.25) is 0 Å². The van der Waals surface area contributed by atoms with Gasteiger partial charge >= 0.3 is 0 Å². The molecular formula is C26H24ClNO4S. The van der Waals surface area contributed by atoms with Gasteiger partial charge in [0.15, 0.2) is 0 Å². The standard InChI is InChI=1S/C26H24ClNO4S/c1-18(29)25-17-28(33(30,31)23-13-11-22(32-2)12-14-23)26(19-7-4-3-5-8-19)16-24(25)20-9-6-10-21(27)15-20/h3-16,24-25H,17H2,1-2H3/t24-,25-/m1/s1. The summed E-state index contributed by atoms with van der Waals surface area (Å²) in [5.41, 5.74) is 2.16. The van der Waals surface area contributed by atoms with Crippen LogP contribution >= 0.6 is 11.6 Å². The predicted octanol–water partition coefficient (Wildman–Crippen LogP) is 5.38. The Morgan fingerprint density at radius 1 is 1.00 bits per heavy atom. The molecule has 1 aliphatic heterocycles. The minimum Gasteiger partial charge on any atom is -0.497 e. The number of sulfonamides is 1. The van der Waals surface area contributed by atoms with E-state index in [1.165, 1.54) is 30.5 Å². The van der Waals surface area contributed by atoms with E-state index in [2.05, 4.69) is 0 Å². The van der Waals surface area contributed by atoms with Crippen molar-refractivity contribution in [1.82, 2.24) is 4.31 Å². The molecule has 2 atom stereocenters. The summed E-state index contributed by atoms with van der Waals surface area (Å²) in [6, 6.07) is 22.9. The van der Waals surface area contributed by atoms with Crippen LogP contribution in [0.2, 0.25) is 5.02 Å². The van der Waals surface area contributed by atoms with E-state index < -0.39 is 15.9 Å². The molecule has 0 aromatic heterocycles. The van der Waals surface area contributed by atoms with Crippen LogP contribution in [0.3, 0.4) is 0 Å². The minimum atomic E-state index is -3.93. The Balaban J connectivity index is 1.88. The highest BCUT2D eigenvalue weighted by atomic mass is 35.5. The van der Waals surface area contributed by atoms with Crippen LogP contribution in [0.25, 0.3) is 5.70 Å². The molecule has 0 bridgehead atoms. The van der Waals surface area contributed by atoms with Gasteiger partial charge < -0.3 is 4.74 Å². The largest absolute Gasteiger partial charge is 0.497 e. The lowest BCUT2D eigenvalue weighted by Crippen LogP contribution is -2.41. The molecule has 4 rings (SSSR count). The number of halogens is 1. The Kier molecular flexibility index (Phi) is 6.58. The van der Waals surface area contributed by atoms with Crippen LogP contribution in [0.5, 0.6) is 5.75 Å². The number of benzene rings is 3. The Hall–Kier alpha value is -3.09. The van der Waals surface area contributed by atoms with Gasteiger partial charge in [0, 0.05) is 23.4 Å². The first-order valence-corrected chi connectivity index (χ1v) is 12.3. The van der Waals surface area contributed by atoms with E-state index in [0.717, 1.165) is 11.1 Å². The van der Waals surface area contributed by atoms with Crippen LogP contribution in [-0.2, 0) is 14.8 Å². The van der Waals surface area contributed by atoms with E-state index in [-0.39, 0.29) is 23.1 Å². The summed E-state index contributed by atoms with van der Waals surface area (Å²) < 4.78 is 34.0. The van der Waals surface area contributed by atoms with Gasteiger partial charge in [-0.15, -0.1) is 0 Å². The van der Waals surface area contributed by atoms with E-state index in [9.17, 15) is 13.2 Å². The summed E-state index contributed by atoms with van der Waals surface area (Å²) in [6.07, 6.45) is 1.87. The molecule has 0 spiro atoms. The molecule has 5 nitrogen and oxygen atoms in total. The number of allylic oxidation sites excluding steroid dienone is 1. The Morgan fingerprint density at radius 2 is 1.70 bits per heavy atom. The molecule has 0 fully saturated rings. The third kappa shape index (κ3) is 4.68. The number of carbonyl (C=O) groups excluding carboxylic acids is 1. The quantitative estimate of drug-likeness (QED) is 0.474. The van der Waals surface area contributed by atoms with Gasteiger partial charge in [-0.2, -0.15) is 0 Å². The molecule has 0 unspecified atom stereocenters. The molecule has 7 heteroatoms. The summed E-state index contributed by atoms with van der Waals surface area (Å²) in [5, 5.41) is 0.567. The summed E-state index contributed by atoms with van der Waals surface area (Å²) in [5.74, 6) is -0.380. The summed E-state index contributed by atoms with van der Waals surface area (Å²) in [4.78, 5) is 12.8. The first kappa shape index (κ1) is 23.1. The van der Waals surface area contributed by atoms with Crippen molar-refractivity contribution < 1.29 is 17.9 Å². The van der Waals surface area contributed by atoms with Crippen molar-refractivity contribution in [2.45, 2.75) is 17.7 Å². The van der Waals surface area contributed by atoms with Crippen LogP contribution < -0.4 is 4.74 Å².